The second-order valence-corrected chi connectivity index (χ2v) is 9.86. The largest absolute Gasteiger partial charge is 0.489 e. The quantitative estimate of drug-likeness (QED) is 0.464. The maximum absolute atomic E-state index is 14.7. The van der Waals surface area contributed by atoms with Crippen molar-refractivity contribution in [3.8, 4) is 5.75 Å². The second kappa shape index (κ2) is 9.58. The number of nitrogens with one attached hydrogen (secondary N) is 2. The van der Waals surface area contributed by atoms with Crippen molar-refractivity contribution in [2.24, 2.45) is 7.05 Å². The summed E-state index contributed by atoms with van der Waals surface area (Å²) >= 11 is 0. The van der Waals surface area contributed by atoms with Gasteiger partial charge in [-0.1, -0.05) is 12.1 Å². The molecule has 0 amide bonds. The molecular weight excluding hydrogens is 450 g/mol. The van der Waals surface area contributed by atoms with Crippen LogP contribution in [0, 0.1) is 11.6 Å². The van der Waals surface area contributed by atoms with Crippen LogP contribution in [0.3, 0.4) is 0 Å². The number of hydrogen-bond acceptors (Lipinski definition) is 5. The molecule has 2 aromatic carbocycles. The van der Waals surface area contributed by atoms with E-state index in [2.05, 4.69) is 15.0 Å². The van der Waals surface area contributed by atoms with Crippen LogP contribution in [0.1, 0.15) is 22.6 Å². The lowest BCUT2D eigenvalue weighted by Crippen LogP contribution is -2.30. The van der Waals surface area contributed by atoms with Gasteiger partial charge in [0.15, 0.2) is 16.6 Å². The van der Waals surface area contributed by atoms with E-state index in [9.17, 15) is 17.2 Å². The van der Waals surface area contributed by atoms with E-state index in [-0.39, 0.29) is 41.7 Å². The van der Waals surface area contributed by atoms with Crippen molar-refractivity contribution in [2.45, 2.75) is 29.8 Å². The van der Waals surface area contributed by atoms with Crippen LogP contribution >= 0.6 is 0 Å². The van der Waals surface area contributed by atoms with Gasteiger partial charge in [0.1, 0.15) is 12.4 Å². The van der Waals surface area contributed by atoms with Crippen molar-refractivity contribution in [1.29, 1.82) is 0 Å². The molecule has 176 valence electrons. The Morgan fingerprint density at radius 1 is 1.24 bits per heavy atom. The molecule has 0 saturated heterocycles. The van der Waals surface area contributed by atoms with Gasteiger partial charge in [0, 0.05) is 31.7 Å². The Balaban J connectivity index is 1.45. The summed E-state index contributed by atoms with van der Waals surface area (Å²) in [6, 6.07) is 9.72. The molecule has 0 bridgehead atoms. The highest BCUT2D eigenvalue weighted by Gasteiger charge is 2.33. The summed E-state index contributed by atoms with van der Waals surface area (Å²) < 4.78 is 62.3. The van der Waals surface area contributed by atoms with Gasteiger partial charge in [0.05, 0.1) is 6.33 Å². The second-order valence-electron chi connectivity index (χ2n) is 8.14. The molecule has 0 radical (unpaired) electrons. The fourth-order valence-corrected chi connectivity index (χ4v) is 5.24. The van der Waals surface area contributed by atoms with Crippen molar-refractivity contribution < 1.29 is 21.9 Å². The standard InChI is InChI=1S/C23H26F2N4O3S/c1-26-21-11-16-10-20(25)22(12-18(16)19(21)9-15-4-3-5-17(24)8-15)32-7-6-28-33(30,31)23-13-29(2)14-27-23/h3-5,8,10,12-14,19,21,26,28H,6-7,9,11H2,1-2H3. The fourth-order valence-electron chi connectivity index (χ4n) is 4.25. The van der Waals surface area contributed by atoms with Gasteiger partial charge >= 0.3 is 0 Å². The van der Waals surface area contributed by atoms with Crippen molar-refractivity contribution in [3.63, 3.8) is 0 Å². The molecule has 2 unspecified atom stereocenters. The zero-order valence-electron chi connectivity index (χ0n) is 18.4. The molecule has 0 fully saturated rings. The van der Waals surface area contributed by atoms with E-state index in [1.54, 1.807) is 19.2 Å². The summed E-state index contributed by atoms with van der Waals surface area (Å²) in [5.74, 6) is -0.699. The molecule has 7 nitrogen and oxygen atoms in total. The summed E-state index contributed by atoms with van der Waals surface area (Å²) in [6.45, 7) is -0.0902. The normalized spacial score (nSPS) is 17.8. The van der Waals surface area contributed by atoms with E-state index in [1.165, 1.54) is 35.3 Å². The number of rotatable bonds is 9. The Kier molecular flexibility index (Phi) is 6.78. The van der Waals surface area contributed by atoms with Crippen LogP contribution in [-0.2, 0) is 29.9 Å². The molecule has 0 aliphatic heterocycles. The molecule has 1 heterocycles. The number of imidazole rings is 1. The number of halogens is 2. The first kappa shape index (κ1) is 23.3. The minimum Gasteiger partial charge on any atom is -0.489 e. The number of likely N-dealkylation sites (N-methyl/N-ethyl adjacent to an activating group) is 1. The topological polar surface area (TPSA) is 85.3 Å². The van der Waals surface area contributed by atoms with E-state index in [0.29, 0.717) is 12.8 Å². The Labute approximate surface area is 191 Å². The Hall–Kier alpha value is -2.82. The molecule has 4 rings (SSSR count). The number of hydrogen-bond donors (Lipinski definition) is 2. The van der Waals surface area contributed by atoms with Crippen LogP contribution < -0.4 is 14.8 Å². The average molecular weight is 477 g/mol. The van der Waals surface area contributed by atoms with Crippen LogP contribution in [0.4, 0.5) is 8.78 Å². The highest BCUT2D eigenvalue weighted by molar-refractivity contribution is 7.89. The number of benzene rings is 2. The summed E-state index contributed by atoms with van der Waals surface area (Å²) in [4.78, 5) is 3.82. The van der Waals surface area contributed by atoms with Crippen LogP contribution in [0.25, 0.3) is 0 Å². The van der Waals surface area contributed by atoms with E-state index >= 15 is 0 Å². The minimum absolute atomic E-state index is 0.0254. The molecule has 33 heavy (non-hydrogen) atoms. The zero-order chi connectivity index (χ0) is 23.6. The van der Waals surface area contributed by atoms with Gasteiger partial charge in [0.25, 0.3) is 10.0 Å². The monoisotopic (exact) mass is 476 g/mol. The van der Waals surface area contributed by atoms with Crippen LogP contribution in [-0.4, -0.2) is 44.2 Å². The molecule has 2 atom stereocenters. The fraction of sp³-hybridized carbons (Fsp3) is 0.348. The van der Waals surface area contributed by atoms with Gasteiger partial charge in [-0.3, -0.25) is 0 Å². The first-order valence-corrected chi connectivity index (χ1v) is 12.1. The molecule has 1 aliphatic rings. The molecule has 0 spiro atoms. The third kappa shape index (κ3) is 5.23. The first-order chi connectivity index (χ1) is 15.8. The SMILES string of the molecule is CNC1Cc2cc(F)c(OCCNS(=O)(=O)c3cn(C)cn3)cc2C1Cc1cccc(F)c1. The van der Waals surface area contributed by atoms with Crippen LogP contribution in [0.15, 0.2) is 53.9 Å². The zero-order valence-corrected chi connectivity index (χ0v) is 19.2. The number of sulfonamides is 1. The van der Waals surface area contributed by atoms with E-state index in [1.807, 2.05) is 13.1 Å². The van der Waals surface area contributed by atoms with Crippen LogP contribution in [0.5, 0.6) is 5.75 Å². The summed E-state index contributed by atoms with van der Waals surface area (Å²) in [6.07, 6.45) is 4.04. The van der Waals surface area contributed by atoms with Gasteiger partial charge in [-0.15, -0.1) is 0 Å². The predicted octanol–water partition coefficient (Wildman–Crippen LogP) is 2.53. The van der Waals surface area contributed by atoms with Crippen molar-refractivity contribution >= 4 is 10.0 Å². The number of fused-ring (bicyclic) bond motifs is 1. The number of aromatic nitrogens is 2. The molecule has 0 saturated carbocycles. The third-order valence-electron chi connectivity index (χ3n) is 5.84. The minimum atomic E-state index is -3.77. The number of nitrogens with zero attached hydrogens (tertiary/aromatic N) is 2. The highest BCUT2D eigenvalue weighted by atomic mass is 32.2. The molecule has 1 aromatic heterocycles. The molecule has 2 N–H and O–H groups in total. The van der Waals surface area contributed by atoms with Crippen molar-refractivity contribution in [1.82, 2.24) is 19.6 Å². The summed E-state index contributed by atoms with van der Waals surface area (Å²) in [7, 11) is -0.235. The predicted molar refractivity (Wildman–Crippen MR) is 120 cm³/mol. The van der Waals surface area contributed by atoms with Crippen molar-refractivity contribution in [3.05, 3.63) is 77.2 Å². The van der Waals surface area contributed by atoms with Gasteiger partial charge in [-0.2, -0.15) is 0 Å². The lowest BCUT2D eigenvalue weighted by Gasteiger charge is -2.20. The van der Waals surface area contributed by atoms with Gasteiger partial charge in [-0.05, 0) is 60.8 Å². The smallest absolute Gasteiger partial charge is 0.259 e. The summed E-state index contributed by atoms with van der Waals surface area (Å²) in [5.41, 5.74) is 2.70. The van der Waals surface area contributed by atoms with Gasteiger partial charge in [0.2, 0.25) is 0 Å². The maximum Gasteiger partial charge on any atom is 0.259 e. The van der Waals surface area contributed by atoms with Gasteiger partial charge < -0.3 is 14.6 Å². The van der Waals surface area contributed by atoms with E-state index < -0.39 is 15.8 Å². The molecular formula is C23H26F2N4O3S. The van der Waals surface area contributed by atoms with E-state index in [0.717, 1.165) is 16.7 Å². The lowest BCUT2D eigenvalue weighted by molar-refractivity contribution is 0.306. The average Bonchev–Trinajstić information content (AvgIpc) is 3.35. The molecule has 1 aliphatic carbocycles. The van der Waals surface area contributed by atoms with Crippen LogP contribution in [0.2, 0.25) is 0 Å². The number of ether oxygens (including phenoxy) is 1. The first-order valence-electron chi connectivity index (χ1n) is 10.6. The molecule has 3 aromatic rings. The number of aryl methyl sites for hydroxylation is 1. The van der Waals surface area contributed by atoms with Crippen molar-refractivity contribution in [2.75, 3.05) is 20.2 Å². The third-order valence-corrected chi connectivity index (χ3v) is 7.19. The maximum atomic E-state index is 14.7. The lowest BCUT2D eigenvalue weighted by atomic mass is 9.90. The Morgan fingerprint density at radius 3 is 2.76 bits per heavy atom. The Bertz CT molecular complexity index is 1250. The summed E-state index contributed by atoms with van der Waals surface area (Å²) in [5, 5.41) is 3.19. The van der Waals surface area contributed by atoms with Gasteiger partial charge in [-0.25, -0.2) is 26.9 Å². The Morgan fingerprint density at radius 2 is 2.06 bits per heavy atom. The van der Waals surface area contributed by atoms with E-state index in [4.69, 9.17) is 4.74 Å². The molecule has 10 heteroatoms. The highest BCUT2D eigenvalue weighted by Crippen LogP contribution is 2.39.